The van der Waals surface area contributed by atoms with Crippen LogP contribution >= 0.6 is 23.2 Å². The summed E-state index contributed by atoms with van der Waals surface area (Å²) in [4.78, 5) is 29.1. The van der Waals surface area contributed by atoms with Crippen molar-refractivity contribution in [2.45, 2.75) is 52.7 Å². The lowest BCUT2D eigenvalue weighted by Gasteiger charge is -2.34. The first-order valence-corrected chi connectivity index (χ1v) is 15.5. The molecule has 3 aromatic rings. The van der Waals surface area contributed by atoms with Crippen LogP contribution in [0.5, 0.6) is 0 Å². The Labute approximate surface area is 247 Å². The van der Waals surface area contributed by atoms with Gasteiger partial charge in [-0.2, -0.15) is 0 Å². The summed E-state index contributed by atoms with van der Waals surface area (Å²) in [6.07, 6.45) is 1.29. The third kappa shape index (κ3) is 8.46. The Kier molecular flexibility index (Phi) is 10.6. The first-order valence-electron chi connectivity index (χ1n) is 12.9. The summed E-state index contributed by atoms with van der Waals surface area (Å²) in [5, 5.41) is 3.69. The topological polar surface area (TPSA) is 86.8 Å². The van der Waals surface area contributed by atoms with Crippen LogP contribution in [0.2, 0.25) is 10.0 Å². The van der Waals surface area contributed by atoms with Crippen molar-refractivity contribution in [3.8, 4) is 0 Å². The van der Waals surface area contributed by atoms with Crippen LogP contribution in [-0.2, 0) is 32.6 Å². The molecule has 0 spiro atoms. The largest absolute Gasteiger partial charge is 0.352 e. The number of amides is 2. The van der Waals surface area contributed by atoms with E-state index in [0.29, 0.717) is 26.9 Å². The van der Waals surface area contributed by atoms with Gasteiger partial charge in [-0.1, -0.05) is 71.7 Å². The Morgan fingerprint density at radius 1 is 0.950 bits per heavy atom. The van der Waals surface area contributed by atoms with E-state index < -0.39 is 28.5 Å². The smallest absolute Gasteiger partial charge is 0.244 e. The highest BCUT2D eigenvalue weighted by Crippen LogP contribution is 2.27. The van der Waals surface area contributed by atoms with Crippen molar-refractivity contribution in [3.05, 3.63) is 99.0 Å². The Balaban J connectivity index is 2.11. The molecule has 40 heavy (non-hydrogen) atoms. The van der Waals surface area contributed by atoms with Gasteiger partial charge < -0.3 is 10.2 Å². The van der Waals surface area contributed by atoms with Gasteiger partial charge in [-0.3, -0.25) is 13.9 Å². The number of carbonyl (C=O) groups is 2. The minimum absolute atomic E-state index is 0.0255. The van der Waals surface area contributed by atoms with Crippen molar-refractivity contribution in [3.63, 3.8) is 0 Å². The number of sulfonamides is 1. The summed E-state index contributed by atoms with van der Waals surface area (Å²) in [7, 11) is -3.85. The second kappa shape index (κ2) is 13.5. The Morgan fingerprint density at radius 3 is 2.23 bits per heavy atom. The lowest BCUT2D eigenvalue weighted by molar-refractivity contribution is -0.140. The maximum atomic E-state index is 14.1. The summed E-state index contributed by atoms with van der Waals surface area (Å²) < 4.78 is 27.1. The number of hydrogen-bond acceptors (Lipinski definition) is 4. The number of benzene rings is 3. The minimum Gasteiger partial charge on any atom is -0.352 e. The first-order chi connectivity index (χ1) is 18.8. The molecule has 2 amide bonds. The van der Waals surface area contributed by atoms with Gasteiger partial charge in [0.25, 0.3) is 0 Å². The van der Waals surface area contributed by atoms with Gasteiger partial charge in [0.15, 0.2) is 0 Å². The number of nitrogens with one attached hydrogen (secondary N) is 1. The zero-order chi connectivity index (χ0) is 29.6. The zero-order valence-corrected chi connectivity index (χ0v) is 25.6. The first kappa shape index (κ1) is 31.5. The fraction of sp³-hybridized carbons (Fsp3) is 0.333. The van der Waals surface area contributed by atoms with E-state index >= 15 is 0 Å². The molecule has 3 rings (SSSR count). The van der Waals surface area contributed by atoms with Gasteiger partial charge in [0, 0.05) is 29.1 Å². The Hall–Kier alpha value is -3.07. The lowest BCUT2D eigenvalue weighted by atomic mass is 10.0. The minimum atomic E-state index is -3.85. The number of halogens is 2. The van der Waals surface area contributed by atoms with E-state index in [1.807, 2.05) is 63.2 Å². The number of carbonyl (C=O) groups excluding carboxylic acids is 2. The number of nitrogens with zero attached hydrogens (tertiary/aromatic N) is 2. The molecule has 3 aromatic carbocycles. The van der Waals surface area contributed by atoms with E-state index in [-0.39, 0.29) is 24.9 Å². The predicted octanol–water partition coefficient (Wildman–Crippen LogP) is 5.54. The Morgan fingerprint density at radius 2 is 1.62 bits per heavy atom. The second-order valence-corrected chi connectivity index (χ2v) is 12.9. The molecule has 0 aliphatic rings. The molecule has 0 bridgehead atoms. The van der Waals surface area contributed by atoms with Crippen molar-refractivity contribution in [1.82, 2.24) is 10.2 Å². The monoisotopic (exact) mass is 603 g/mol. The Bertz CT molecular complexity index is 1460. The van der Waals surface area contributed by atoms with Gasteiger partial charge in [-0.25, -0.2) is 8.42 Å². The fourth-order valence-electron chi connectivity index (χ4n) is 4.35. The van der Waals surface area contributed by atoms with Crippen molar-refractivity contribution in [2.75, 3.05) is 17.1 Å². The fourth-order valence-corrected chi connectivity index (χ4v) is 5.72. The average molecular weight is 605 g/mol. The molecule has 0 fully saturated rings. The molecule has 0 aromatic heterocycles. The second-order valence-electron chi connectivity index (χ2n) is 10.2. The molecule has 214 valence electrons. The van der Waals surface area contributed by atoms with E-state index in [1.165, 1.54) is 4.90 Å². The molecule has 1 N–H and O–H groups in total. The van der Waals surface area contributed by atoms with Crippen LogP contribution in [0.4, 0.5) is 5.69 Å². The van der Waals surface area contributed by atoms with Crippen molar-refractivity contribution < 1.29 is 18.0 Å². The van der Waals surface area contributed by atoms with Crippen molar-refractivity contribution in [1.29, 1.82) is 0 Å². The molecule has 0 saturated heterocycles. The number of aryl methyl sites for hydroxylation is 2. The van der Waals surface area contributed by atoms with Crippen LogP contribution in [0.15, 0.2) is 66.7 Å². The highest BCUT2D eigenvalue weighted by atomic mass is 35.5. The van der Waals surface area contributed by atoms with Crippen LogP contribution in [0, 0.1) is 13.8 Å². The predicted molar refractivity (Wildman–Crippen MR) is 162 cm³/mol. The van der Waals surface area contributed by atoms with Crippen LogP contribution in [-0.4, -0.2) is 50.0 Å². The average Bonchev–Trinajstić information content (AvgIpc) is 2.86. The van der Waals surface area contributed by atoms with Gasteiger partial charge in [0.05, 0.1) is 11.9 Å². The number of anilines is 1. The van der Waals surface area contributed by atoms with E-state index in [2.05, 4.69) is 5.32 Å². The summed E-state index contributed by atoms with van der Waals surface area (Å²) >= 11 is 12.6. The molecule has 10 heteroatoms. The summed E-state index contributed by atoms with van der Waals surface area (Å²) in [6.45, 7) is 6.80. The number of rotatable bonds is 11. The number of hydrogen-bond donors (Lipinski definition) is 1. The molecule has 0 heterocycles. The molecule has 0 aliphatic carbocycles. The van der Waals surface area contributed by atoms with E-state index in [9.17, 15) is 18.0 Å². The molecule has 1 atom stereocenters. The lowest BCUT2D eigenvalue weighted by Crippen LogP contribution is -2.54. The third-order valence-corrected chi connectivity index (χ3v) is 8.08. The van der Waals surface area contributed by atoms with Gasteiger partial charge in [0.1, 0.15) is 12.6 Å². The van der Waals surface area contributed by atoms with E-state index in [0.717, 1.165) is 21.7 Å². The summed E-state index contributed by atoms with van der Waals surface area (Å²) in [5.41, 5.74) is 3.39. The quantitative estimate of drug-likeness (QED) is 0.312. The van der Waals surface area contributed by atoms with E-state index in [4.69, 9.17) is 23.2 Å². The molecule has 0 unspecified atom stereocenters. The standard InChI is InChI=1S/C30H35Cl2N3O4S/c1-20(2)33-30(37)28(16-23-9-7-6-8-10-23)34(18-24-13-14-25(31)17-26(24)32)29(36)19-35(40(5,38)39)27-15-21(3)11-12-22(27)4/h6-15,17,20,28H,16,18-19H2,1-5H3,(H,33,37)/t28-/m0/s1. The molecule has 0 radical (unpaired) electrons. The van der Waals surface area contributed by atoms with Crippen LogP contribution in [0.3, 0.4) is 0 Å². The highest BCUT2D eigenvalue weighted by molar-refractivity contribution is 7.92. The molecular formula is C30H35Cl2N3O4S. The van der Waals surface area contributed by atoms with Crippen molar-refractivity contribution in [2.24, 2.45) is 0 Å². The normalized spacial score (nSPS) is 12.2. The summed E-state index contributed by atoms with van der Waals surface area (Å²) in [6, 6.07) is 18.6. The van der Waals surface area contributed by atoms with E-state index in [1.54, 1.807) is 31.2 Å². The maximum Gasteiger partial charge on any atom is 0.244 e. The maximum absolute atomic E-state index is 14.1. The molecule has 7 nitrogen and oxygen atoms in total. The van der Waals surface area contributed by atoms with Gasteiger partial charge in [-0.05, 0) is 68.1 Å². The molecular weight excluding hydrogens is 569 g/mol. The summed E-state index contributed by atoms with van der Waals surface area (Å²) in [5.74, 6) is -0.896. The van der Waals surface area contributed by atoms with Gasteiger partial charge in [-0.15, -0.1) is 0 Å². The third-order valence-electron chi connectivity index (χ3n) is 6.37. The molecule has 0 aliphatic heterocycles. The van der Waals surface area contributed by atoms with Crippen LogP contribution < -0.4 is 9.62 Å². The highest BCUT2D eigenvalue weighted by Gasteiger charge is 2.34. The van der Waals surface area contributed by atoms with Crippen molar-refractivity contribution >= 4 is 50.7 Å². The van der Waals surface area contributed by atoms with Crippen LogP contribution in [0.1, 0.15) is 36.1 Å². The zero-order valence-electron chi connectivity index (χ0n) is 23.3. The SMILES string of the molecule is Cc1ccc(C)c(N(CC(=O)N(Cc2ccc(Cl)cc2Cl)[C@@H](Cc2ccccc2)C(=O)NC(C)C)S(C)(=O)=O)c1. The van der Waals surface area contributed by atoms with Gasteiger partial charge >= 0.3 is 0 Å². The van der Waals surface area contributed by atoms with Gasteiger partial charge in [0.2, 0.25) is 21.8 Å². The molecule has 0 saturated carbocycles. The van der Waals surface area contributed by atoms with Crippen LogP contribution in [0.25, 0.3) is 0 Å².